The van der Waals surface area contributed by atoms with Crippen LogP contribution < -0.4 is 19.7 Å². The third-order valence-electron chi connectivity index (χ3n) is 1.89. The Labute approximate surface area is 136 Å². The van der Waals surface area contributed by atoms with E-state index in [1.807, 2.05) is 5.79 Å². The van der Waals surface area contributed by atoms with Gasteiger partial charge in [0, 0.05) is 0 Å². The van der Waals surface area contributed by atoms with Gasteiger partial charge in [-0.2, -0.15) is 0 Å². The normalized spacial score (nSPS) is 8.32. The maximum atomic E-state index is 9.84. The zero-order valence-electron chi connectivity index (χ0n) is 11.8. The summed E-state index contributed by atoms with van der Waals surface area (Å²) in [5, 5.41) is 19.7. The van der Waals surface area contributed by atoms with E-state index in [9.17, 15) is 19.8 Å². The van der Waals surface area contributed by atoms with Crippen molar-refractivity contribution >= 4 is 28.6 Å². The Balaban J connectivity index is 0.000000360. The van der Waals surface area contributed by atoms with Gasteiger partial charge < -0.3 is 29.3 Å². The zero-order valence-corrected chi connectivity index (χ0v) is 13.0. The third kappa shape index (κ3) is 10.3. The van der Waals surface area contributed by atoms with E-state index >= 15 is 0 Å². The van der Waals surface area contributed by atoms with Gasteiger partial charge in [0.25, 0.3) is 12.3 Å². The Morgan fingerprint density at radius 2 is 1.00 bits per heavy atom. The Kier molecular flexibility index (Phi) is 10.9. The van der Waals surface area contributed by atoms with Crippen LogP contribution in [0.1, 0.15) is 0 Å². The number of carboxylic acid groups (broad SMARTS) is 2. The molecule has 0 saturated carbocycles. The monoisotopic (exact) mass is 316 g/mol. The molecule has 0 unspecified atom stereocenters. The van der Waals surface area contributed by atoms with Crippen molar-refractivity contribution in [2.45, 2.75) is 5.79 Å². The molecule has 0 heterocycles. The van der Waals surface area contributed by atoms with Gasteiger partial charge in [-0.05, 0) is 24.3 Å². The molecule has 2 rings (SSSR count). The Morgan fingerprint density at radius 3 is 1.23 bits per heavy atom. The minimum absolute atomic E-state index is 0.280. The Morgan fingerprint density at radius 1 is 0.727 bits per heavy atom. The molecule has 0 aliphatic carbocycles. The second kappa shape index (κ2) is 12.3. The first-order chi connectivity index (χ1) is 10.6. The molecular weight excluding hydrogens is 303 g/mol. The van der Waals surface area contributed by atoms with Gasteiger partial charge in [-0.25, -0.2) is 0 Å². The van der Waals surface area contributed by atoms with Crippen LogP contribution in [0.5, 0.6) is 11.5 Å². The van der Waals surface area contributed by atoms with Gasteiger partial charge in [-0.1, -0.05) is 36.4 Å². The predicted octanol–water partition coefficient (Wildman–Crippen LogP) is 1.02. The summed E-state index contributed by atoms with van der Waals surface area (Å²) in [6.07, 6.45) is -3.07. The average molecular weight is 316 g/mol. The van der Waals surface area contributed by atoms with Crippen LogP contribution in [-0.4, -0.2) is 28.6 Å². The molecule has 0 aliphatic heterocycles. The van der Waals surface area contributed by atoms with Gasteiger partial charge in [-0.15, -0.1) is 0 Å². The van der Waals surface area contributed by atoms with Crippen molar-refractivity contribution in [2.24, 2.45) is 0 Å². The fraction of sp³-hybridized carbons (Fsp3) is 0.0667. The molecule has 0 aromatic heterocycles. The van der Waals surface area contributed by atoms with Gasteiger partial charge in [0.1, 0.15) is 0 Å². The van der Waals surface area contributed by atoms with E-state index < -0.39 is 12.3 Å². The number of benzene rings is 2. The molecule has 0 aliphatic rings. The van der Waals surface area contributed by atoms with E-state index in [1.54, 1.807) is 36.4 Å². The fourth-order valence-electron chi connectivity index (χ4n) is 1.17. The molecule has 0 N–H and O–H groups in total. The summed E-state index contributed by atoms with van der Waals surface area (Å²) in [4.78, 5) is 19.7. The molecule has 0 fully saturated rings. The average Bonchev–Trinajstić information content (AvgIpc) is 2.51. The van der Waals surface area contributed by atoms with Crippen molar-refractivity contribution < 1.29 is 29.3 Å². The molecule has 22 heavy (non-hydrogen) atoms. The minimum atomic E-state index is -1.54. The number of para-hydroxylation sites is 2. The number of carbonyl (C=O) groups is 2. The van der Waals surface area contributed by atoms with Crippen LogP contribution in [0.15, 0.2) is 60.7 Å². The molecule has 2 aromatic rings. The number of ether oxygens (including phenoxy) is 2. The molecule has 112 valence electrons. The van der Waals surface area contributed by atoms with E-state index in [-0.39, 0.29) is 11.5 Å². The molecule has 0 radical (unpaired) electrons. The van der Waals surface area contributed by atoms with Crippen LogP contribution in [0, 0.1) is 0 Å². The molecule has 2 aromatic carbocycles. The number of carbonyl (C=O) groups excluding carboxylic acids is 2. The molecule has 0 saturated heterocycles. The van der Waals surface area contributed by atoms with Gasteiger partial charge in [0.15, 0.2) is 0 Å². The van der Waals surface area contributed by atoms with Crippen molar-refractivity contribution in [1.29, 1.82) is 0 Å². The summed E-state index contributed by atoms with van der Waals surface area (Å²) in [6, 6.07) is 16.4. The second-order valence-electron chi connectivity index (χ2n) is 3.33. The van der Waals surface area contributed by atoms with Crippen molar-refractivity contribution in [3.05, 3.63) is 60.7 Å². The zero-order chi connectivity index (χ0) is 16.8. The van der Waals surface area contributed by atoms with Gasteiger partial charge in [0.05, 0.1) is 11.5 Å². The standard InChI is InChI=1S/2C7H6O3.CH3.Al/c2*8-7(9)10-6-4-2-1-3-5-6;;/h2*1-5H,(H,8,9);1H3;/q;;;+2/p-2. The van der Waals surface area contributed by atoms with Crippen LogP contribution in [0.2, 0.25) is 5.79 Å². The molecule has 6 nitrogen and oxygen atoms in total. The quantitative estimate of drug-likeness (QED) is 0.466. The van der Waals surface area contributed by atoms with E-state index in [0.29, 0.717) is 0 Å². The van der Waals surface area contributed by atoms with E-state index in [2.05, 4.69) is 25.8 Å². The Hall–Kier alpha value is -2.49. The molecule has 0 atom stereocenters. The Bertz CT molecular complexity index is 493. The summed E-state index contributed by atoms with van der Waals surface area (Å²) < 4.78 is 8.44. The first-order valence-electron chi connectivity index (χ1n) is 6.03. The topological polar surface area (TPSA) is 98.7 Å². The van der Waals surface area contributed by atoms with Crippen LogP contribution in [0.4, 0.5) is 9.59 Å². The molecule has 0 spiro atoms. The van der Waals surface area contributed by atoms with Crippen LogP contribution in [-0.2, 0) is 0 Å². The van der Waals surface area contributed by atoms with Crippen LogP contribution in [0.25, 0.3) is 0 Å². The molecule has 0 amide bonds. The fourth-order valence-corrected chi connectivity index (χ4v) is 1.17. The van der Waals surface area contributed by atoms with Crippen LogP contribution in [0.3, 0.4) is 0 Å². The summed E-state index contributed by atoms with van der Waals surface area (Å²) in [7, 11) is 0. The number of hydrogen-bond donors (Lipinski definition) is 0. The van der Waals surface area contributed by atoms with Crippen molar-refractivity contribution in [3.8, 4) is 11.5 Å². The second-order valence-corrected chi connectivity index (χ2v) is 3.33. The maximum absolute atomic E-state index is 9.84. The number of hydrogen-bond acceptors (Lipinski definition) is 6. The summed E-state index contributed by atoms with van der Waals surface area (Å²) in [5.74, 6) is 2.48. The van der Waals surface area contributed by atoms with E-state index in [4.69, 9.17) is 0 Å². The van der Waals surface area contributed by atoms with Crippen molar-refractivity contribution in [1.82, 2.24) is 0 Å². The van der Waals surface area contributed by atoms with Crippen molar-refractivity contribution in [3.63, 3.8) is 0 Å². The SMILES string of the molecule is O=C([O-])Oc1ccccc1.O=C([O-])Oc1ccccc1.[CH3][Al+2]. The van der Waals surface area contributed by atoms with Gasteiger partial charge in [0.2, 0.25) is 0 Å². The first kappa shape index (κ1) is 19.5. The van der Waals surface area contributed by atoms with Crippen LogP contribution >= 0.6 is 0 Å². The summed E-state index contributed by atoms with van der Waals surface area (Å²) in [5.41, 5.74) is 0. The van der Waals surface area contributed by atoms with Gasteiger partial charge >= 0.3 is 22.1 Å². The van der Waals surface area contributed by atoms with E-state index in [1.165, 1.54) is 24.3 Å². The van der Waals surface area contributed by atoms with E-state index in [0.717, 1.165) is 0 Å². The summed E-state index contributed by atoms with van der Waals surface area (Å²) >= 11 is 2.42. The predicted molar refractivity (Wildman–Crippen MR) is 76.6 cm³/mol. The molecule has 7 heteroatoms. The molecule has 0 bridgehead atoms. The first-order valence-corrected chi connectivity index (χ1v) is 7.19. The van der Waals surface area contributed by atoms with Crippen molar-refractivity contribution in [2.75, 3.05) is 0 Å². The third-order valence-corrected chi connectivity index (χ3v) is 1.89. The number of rotatable bonds is 2. The van der Waals surface area contributed by atoms with Gasteiger partial charge in [-0.3, -0.25) is 0 Å². The summed E-state index contributed by atoms with van der Waals surface area (Å²) in [6.45, 7) is 0. The molecular formula is C15H13AlO6.